The molecule has 0 radical (unpaired) electrons. The van der Waals surface area contributed by atoms with Crippen molar-refractivity contribution >= 4 is 0 Å². The topological polar surface area (TPSA) is 50.1 Å². The van der Waals surface area contributed by atoms with Gasteiger partial charge >= 0.3 is 0 Å². The van der Waals surface area contributed by atoms with E-state index in [1.54, 1.807) is 0 Å². The Morgan fingerprint density at radius 1 is 1.04 bits per heavy atom. The number of piperazine rings is 1. The Morgan fingerprint density at radius 3 is 2.46 bits per heavy atom. The molecule has 0 N–H and O–H groups in total. The molecular formula is C20H30N6. The van der Waals surface area contributed by atoms with Crippen LogP contribution in [0, 0.1) is 0 Å². The Kier molecular flexibility index (Phi) is 5.60. The summed E-state index contributed by atoms with van der Waals surface area (Å²) in [6, 6.07) is 11.6. The van der Waals surface area contributed by atoms with Crippen molar-refractivity contribution in [3.05, 3.63) is 41.7 Å². The zero-order chi connectivity index (χ0) is 17.8. The summed E-state index contributed by atoms with van der Waals surface area (Å²) < 4.78 is 2.14. The highest BCUT2D eigenvalue weighted by Crippen LogP contribution is 2.32. The predicted octanol–water partition coefficient (Wildman–Crippen LogP) is 3.06. The Labute approximate surface area is 156 Å². The third-order valence-corrected chi connectivity index (χ3v) is 5.97. The molecule has 0 unspecified atom stereocenters. The zero-order valence-corrected chi connectivity index (χ0v) is 15.8. The van der Waals surface area contributed by atoms with Crippen LogP contribution in [0.3, 0.4) is 0 Å². The van der Waals surface area contributed by atoms with Gasteiger partial charge in [0.2, 0.25) is 0 Å². The zero-order valence-electron chi connectivity index (χ0n) is 15.8. The minimum absolute atomic E-state index is 0.337. The van der Waals surface area contributed by atoms with E-state index >= 15 is 0 Å². The first-order valence-corrected chi connectivity index (χ1v) is 10.1. The second-order valence-electron chi connectivity index (χ2n) is 7.64. The van der Waals surface area contributed by atoms with Gasteiger partial charge in [0.05, 0.1) is 12.1 Å². The van der Waals surface area contributed by atoms with E-state index in [0.29, 0.717) is 12.1 Å². The summed E-state index contributed by atoms with van der Waals surface area (Å²) in [5.41, 5.74) is 1.40. The maximum Gasteiger partial charge on any atom is 0.168 e. The molecule has 1 aromatic carbocycles. The van der Waals surface area contributed by atoms with Gasteiger partial charge < -0.3 is 0 Å². The second-order valence-corrected chi connectivity index (χ2v) is 7.64. The molecule has 1 aliphatic heterocycles. The SMILES string of the molecule is CC[C@H](c1nnnn1C1CCCC1)N1CCN(Cc2ccccc2)CC1. The highest BCUT2D eigenvalue weighted by molar-refractivity contribution is 5.14. The van der Waals surface area contributed by atoms with Crippen LogP contribution in [0.2, 0.25) is 0 Å². The van der Waals surface area contributed by atoms with Gasteiger partial charge in [0.25, 0.3) is 0 Å². The quantitative estimate of drug-likeness (QED) is 0.798. The fourth-order valence-electron chi connectivity index (χ4n) is 4.51. The Hall–Kier alpha value is -1.79. The van der Waals surface area contributed by atoms with Gasteiger partial charge in [0.1, 0.15) is 0 Å². The van der Waals surface area contributed by atoms with Gasteiger partial charge in [-0.25, -0.2) is 4.68 Å². The van der Waals surface area contributed by atoms with Gasteiger partial charge in [-0.15, -0.1) is 5.10 Å². The molecule has 0 spiro atoms. The molecule has 1 aromatic heterocycles. The summed E-state index contributed by atoms with van der Waals surface area (Å²) in [6.45, 7) is 7.69. The monoisotopic (exact) mass is 354 g/mol. The van der Waals surface area contributed by atoms with Crippen molar-refractivity contribution in [1.82, 2.24) is 30.0 Å². The fraction of sp³-hybridized carbons (Fsp3) is 0.650. The standard InChI is InChI=1S/C20H30N6/c1-2-19(20-21-22-23-26(20)18-10-6-7-11-18)25-14-12-24(13-15-25)16-17-8-4-3-5-9-17/h3-5,8-9,18-19H,2,6-7,10-16H2,1H3/t19-/m1/s1. The molecule has 6 heteroatoms. The summed E-state index contributed by atoms with van der Waals surface area (Å²) in [6.07, 6.45) is 6.11. The van der Waals surface area contributed by atoms with Gasteiger partial charge in [0, 0.05) is 32.7 Å². The molecule has 0 amide bonds. The molecule has 4 rings (SSSR count). The molecule has 6 nitrogen and oxygen atoms in total. The Bertz CT molecular complexity index is 671. The van der Waals surface area contributed by atoms with Crippen molar-refractivity contribution in [3.8, 4) is 0 Å². The minimum Gasteiger partial charge on any atom is -0.297 e. The highest BCUT2D eigenvalue weighted by atomic mass is 15.6. The molecular weight excluding hydrogens is 324 g/mol. The molecule has 140 valence electrons. The maximum atomic E-state index is 4.44. The molecule has 1 aliphatic carbocycles. The van der Waals surface area contributed by atoms with Crippen LogP contribution in [0.4, 0.5) is 0 Å². The number of tetrazole rings is 1. The summed E-state index contributed by atoms with van der Waals surface area (Å²) in [5, 5.41) is 12.8. The minimum atomic E-state index is 0.337. The average Bonchev–Trinajstić information content (AvgIpc) is 3.36. The van der Waals surface area contributed by atoms with Crippen molar-refractivity contribution < 1.29 is 0 Å². The molecule has 1 saturated carbocycles. The molecule has 1 saturated heterocycles. The summed E-state index contributed by atoms with van der Waals surface area (Å²) >= 11 is 0. The summed E-state index contributed by atoms with van der Waals surface area (Å²) in [4.78, 5) is 5.14. The van der Waals surface area contributed by atoms with Gasteiger partial charge in [-0.3, -0.25) is 9.80 Å². The molecule has 2 heterocycles. The summed E-state index contributed by atoms with van der Waals surface area (Å²) in [7, 11) is 0. The van der Waals surface area contributed by atoms with E-state index in [2.05, 4.69) is 67.3 Å². The fourth-order valence-corrected chi connectivity index (χ4v) is 4.51. The van der Waals surface area contributed by atoms with Crippen molar-refractivity contribution in [2.75, 3.05) is 26.2 Å². The van der Waals surface area contributed by atoms with E-state index in [1.807, 2.05) is 0 Å². The number of aromatic nitrogens is 4. The number of nitrogens with zero attached hydrogens (tertiary/aromatic N) is 6. The predicted molar refractivity (Wildman–Crippen MR) is 102 cm³/mol. The first-order chi connectivity index (χ1) is 12.8. The van der Waals surface area contributed by atoms with E-state index < -0.39 is 0 Å². The van der Waals surface area contributed by atoms with Crippen LogP contribution < -0.4 is 0 Å². The van der Waals surface area contributed by atoms with Crippen molar-refractivity contribution in [2.45, 2.75) is 57.7 Å². The molecule has 2 fully saturated rings. The molecule has 26 heavy (non-hydrogen) atoms. The first kappa shape index (κ1) is 17.6. The second kappa shape index (κ2) is 8.27. The molecule has 1 atom stereocenters. The van der Waals surface area contributed by atoms with E-state index in [0.717, 1.165) is 45.0 Å². The largest absolute Gasteiger partial charge is 0.297 e. The van der Waals surface area contributed by atoms with Crippen LogP contribution in [0.1, 0.15) is 62.5 Å². The maximum absolute atomic E-state index is 4.44. The van der Waals surface area contributed by atoms with E-state index in [4.69, 9.17) is 0 Å². The Balaban J connectivity index is 1.39. The third-order valence-electron chi connectivity index (χ3n) is 5.97. The number of hydrogen-bond donors (Lipinski definition) is 0. The number of benzene rings is 1. The number of hydrogen-bond acceptors (Lipinski definition) is 5. The van der Waals surface area contributed by atoms with Crippen LogP contribution in [-0.2, 0) is 6.54 Å². The lowest BCUT2D eigenvalue weighted by Gasteiger charge is -2.38. The van der Waals surface area contributed by atoms with Crippen LogP contribution >= 0.6 is 0 Å². The highest BCUT2D eigenvalue weighted by Gasteiger charge is 2.30. The third kappa shape index (κ3) is 3.81. The first-order valence-electron chi connectivity index (χ1n) is 10.1. The van der Waals surface area contributed by atoms with Crippen LogP contribution in [-0.4, -0.2) is 56.2 Å². The van der Waals surface area contributed by atoms with Crippen LogP contribution in [0.15, 0.2) is 30.3 Å². The van der Waals surface area contributed by atoms with Crippen molar-refractivity contribution in [2.24, 2.45) is 0 Å². The lowest BCUT2D eigenvalue weighted by Crippen LogP contribution is -2.47. The van der Waals surface area contributed by atoms with Gasteiger partial charge in [0.15, 0.2) is 5.82 Å². The lowest BCUT2D eigenvalue weighted by molar-refractivity contribution is 0.0834. The smallest absolute Gasteiger partial charge is 0.168 e. The van der Waals surface area contributed by atoms with Crippen LogP contribution in [0.5, 0.6) is 0 Å². The van der Waals surface area contributed by atoms with E-state index in [1.165, 1.54) is 31.2 Å². The van der Waals surface area contributed by atoms with E-state index in [9.17, 15) is 0 Å². The number of rotatable bonds is 6. The molecule has 2 aromatic rings. The average molecular weight is 355 g/mol. The molecule has 0 bridgehead atoms. The van der Waals surface area contributed by atoms with Gasteiger partial charge in [-0.1, -0.05) is 50.1 Å². The van der Waals surface area contributed by atoms with Crippen LogP contribution in [0.25, 0.3) is 0 Å². The Morgan fingerprint density at radius 2 is 1.77 bits per heavy atom. The van der Waals surface area contributed by atoms with Crippen molar-refractivity contribution in [1.29, 1.82) is 0 Å². The van der Waals surface area contributed by atoms with Crippen molar-refractivity contribution in [3.63, 3.8) is 0 Å². The normalized spacial score (nSPS) is 21.3. The van der Waals surface area contributed by atoms with E-state index in [-0.39, 0.29) is 0 Å². The molecule has 2 aliphatic rings. The lowest BCUT2D eigenvalue weighted by atomic mass is 10.1. The van der Waals surface area contributed by atoms with Gasteiger partial charge in [-0.05, 0) is 35.3 Å². The van der Waals surface area contributed by atoms with Gasteiger partial charge in [-0.2, -0.15) is 0 Å². The summed E-state index contributed by atoms with van der Waals surface area (Å²) in [5.74, 6) is 1.08.